The number of aryl methyl sites for hydroxylation is 2. The van der Waals surface area contributed by atoms with E-state index < -0.39 is 0 Å². The second-order valence-corrected chi connectivity index (χ2v) is 14.8. The van der Waals surface area contributed by atoms with Crippen molar-refractivity contribution in [1.29, 1.82) is 0 Å². The molecule has 0 bridgehead atoms. The van der Waals surface area contributed by atoms with Gasteiger partial charge in [-0.25, -0.2) is 0 Å². The number of alkyl halides is 2. The fraction of sp³-hybridized carbons (Fsp3) is 0.379. The second-order valence-electron chi connectivity index (χ2n) is 13.9. The van der Waals surface area contributed by atoms with Crippen LogP contribution in [0.15, 0.2) is 150 Å². The van der Waals surface area contributed by atoms with Crippen LogP contribution in [0.25, 0.3) is 54.7 Å². The first-order valence-corrected chi connectivity index (χ1v) is 26.2. The molecular weight excluding hydrogens is 918 g/mol. The summed E-state index contributed by atoms with van der Waals surface area (Å²) in [6.07, 6.45) is 2.94. The summed E-state index contributed by atoms with van der Waals surface area (Å²) >= 11 is 12.6. The maximum atomic E-state index is 6.18. The van der Waals surface area contributed by atoms with Gasteiger partial charge in [0.25, 0.3) is 0 Å². The van der Waals surface area contributed by atoms with E-state index in [9.17, 15) is 0 Å². The molecule has 0 spiro atoms. The molecule has 362 valence electrons. The van der Waals surface area contributed by atoms with Crippen molar-refractivity contribution in [2.24, 2.45) is 14.1 Å². The van der Waals surface area contributed by atoms with E-state index in [2.05, 4.69) is 205 Å². The monoisotopic (exact) mass is 1000 g/mol. The predicted octanol–water partition coefficient (Wildman–Crippen LogP) is 18.9. The van der Waals surface area contributed by atoms with Crippen LogP contribution >= 0.6 is 39.1 Å². The molecule has 3 heterocycles. The highest BCUT2D eigenvalue weighted by Crippen LogP contribution is 2.37. The number of hydrogen-bond acceptors (Lipinski definition) is 2. The lowest BCUT2D eigenvalue weighted by Crippen LogP contribution is -2.41. The molecule has 9 rings (SSSR count). The summed E-state index contributed by atoms with van der Waals surface area (Å²) < 4.78 is 18.0. The first-order chi connectivity index (χ1) is 32.0. The Labute approximate surface area is 421 Å². The Kier molecular flexibility index (Phi) is 34.1. The highest BCUT2D eigenvalue weighted by molar-refractivity contribution is 9.10. The molecule has 1 aliphatic rings. The maximum absolute atomic E-state index is 6.18. The van der Waals surface area contributed by atoms with E-state index in [0.717, 1.165) is 9.94 Å². The molecule has 1 saturated heterocycles. The molecule has 2 aromatic heterocycles. The predicted molar refractivity (Wildman–Crippen MR) is 308 cm³/mol. The largest absolute Gasteiger partial charge is 0.494 e. The van der Waals surface area contributed by atoms with Gasteiger partial charge in [-0.3, -0.25) is 0 Å². The van der Waals surface area contributed by atoms with Gasteiger partial charge in [-0.1, -0.05) is 208 Å². The van der Waals surface area contributed by atoms with Crippen LogP contribution in [0.5, 0.6) is 0 Å². The van der Waals surface area contributed by atoms with Crippen molar-refractivity contribution in [2.75, 3.05) is 12.8 Å². The summed E-state index contributed by atoms with van der Waals surface area (Å²) in [7, 11) is 3.93. The summed E-state index contributed by atoms with van der Waals surface area (Å²) in [6.45, 7) is 32.3. The Hall–Kier alpha value is -4.04. The van der Waals surface area contributed by atoms with Gasteiger partial charge in [0.15, 0.2) is 0 Å². The lowest BCUT2D eigenvalue weighted by molar-refractivity contribution is 0.00578. The van der Waals surface area contributed by atoms with Crippen LogP contribution in [-0.2, 0) is 23.4 Å². The first kappa shape index (κ1) is 64.0. The van der Waals surface area contributed by atoms with Crippen molar-refractivity contribution in [3.8, 4) is 11.1 Å². The van der Waals surface area contributed by atoms with Gasteiger partial charge in [-0.2, -0.15) is 0 Å². The number of halogens is 3. The number of nitrogens with zero attached hydrogens (tertiary/aromatic N) is 2. The third-order valence-electron chi connectivity index (χ3n) is 10.2. The summed E-state index contributed by atoms with van der Waals surface area (Å²) in [5.74, 6) is 0. The molecule has 0 N–H and O–H groups in total. The third-order valence-corrected chi connectivity index (χ3v) is 10.7. The zero-order valence-corrected chi connectivity index (χ0v) is 47.4. The molecule has 6 aromatic carbocycles. The minimum atomic E-state index is -0.317. The van der Waals surface area contributed by atoms with E-state index in [-0.39, 0.29) is 18.3 Å². The van der Waals surface area contributed by atoms with Crippen LogP contribution in [0.4, 0.5) is 0 Å². The van der Waals surface area contributed by atoms with E-state index in [1.165, 1.54) is 67.5 Å². The van der Waals surface area contributed by atoms with Gasteiger partial charge in [-0.05, 0) is 80.7 Å². The highest BCUT2D eigenvalue weighted by atomic mass is 79.9. The summed E-state index contributed by atoms with van der Waals surface area (Å²) in [6, 6.07) is 50.8. The lowest BCUT2D eigenvalue weighted by Gasteiger charge is -2.32. The molecule has 8 heteroatoms. The Balaban J connectivity index is 0. The number of aromatic nitrogens is 2. The zero-order chi connectivity index (χ0) is 51.0. The van der Waals surface area contributed by atoms with Crippen LogP contribution in [0.1, 0.15) is 111 Å². The molecule has 0 saturated carbocycles. The molecule has 0 unspecified atom stereocenters. The van der Waals surface area contributed by atoms with Crippen molar-refractivity contribution in [3.05, 3.63) is 150 Å². The number of hydrogen-bond donors (Lipinski definition) is 0. The Bertz CT molecular complexity index is 2430. The van der Waals surface area contributed by atoms with Crippen LogP contribution in [-0.4, -0.2) is 40.2 Å². The minimum absolute atomic E-state index is 0.314. The van der Waals surface area contributed by atoms with Crippen LogP contribution in [0, 0.1) is 0 Å². The van der Waals surface area contributed by atoms with E-state index in [4.69, 9.17) is 9.31 Å². The maximum Gasteiger partial charge on any atom is 0.494 e. The quantitative estimate of drug-likeness (QED) is 0.128. The van der Waals surface area contributed by atoms with Crippen molar-refractivity contribution >= 4 is 95.3 Å². The van der Waals surface area contributed by atoms with Gasteiger partial charge in [0.1, 0.15) is 0 Å². The fourth-order valence-electron chi connectivity index (χ4n) is 6.69. The normalized spacial score (nSPS) is 12.0. The molecule has 8 aromatic rings. The van der Waals surface area contributed by atoms with Crippen molar-refractivity contribution in [3.63, 3.8) is 0 Å². The molecule has 0 amide bonds. The highest BCUT2D eigenvalue weighted by Gasteiger charge is 2.51. The molecular formula is C58H84BBrCl2N2O2. The average molecular weight is 1000 g/mol. The summed E-state index contributed by atoms with van der Waals surface area (Å²) in [4.78, 5) is 0. The molecule has 1 aliphatic heterocycles. The smallest absolute Gasteiger partial charge is 0.399 e. The summed E-state index contributed by atoms with van der Waals surface area (Å²) in [5, 5.41) is 5.20. The number of fused-ring (bicyclic) bond motifs is 6. The molecule has 0 aliphatic carbocycles. The fourth-order valence-corrected chi connectivity index (χ4v) is 6.99. The van der Waals surface area contributed by atoms with Crippen molar-refractivity contribution in [2.45, 2.75) is 122 Å². The van der Waals surface area contributed by atoms with Crippen molar-refractivity contribution in [1.82, 2.24) is 9.13 Å². The van der Waals surface area contributed by atoms with Crippen LogP contribution in [0.2, 0.25) is 0 Å². The van der Waals surface area contributed by atoms with Crippen molar-refractivity contribution < 1.29 is 9.31 Å². The van der Waals surface area contributed by atoms with E-state index >= 15 is 0 Å². The zero-order valence-electron chi connectivity index (χ0n) is 44.3. The molecule has 1 fully saturated rings. The van der Waals surface area contributed by atoms with Gasteiger partial charge < -0.3 is 18.4 Å². The second kappa shape index (κ2) is 35.2. The standard InChI is InChI=1S/C19H22BNO2.C19H15N.C6H5Br.6C2H6.2CH3Cl/c1-18(2)19(3,4)23-20(22-18)13-10-11-15-14-8-6-7-9-16(14)21(5)17(15)12-13;1-20-18-10-6-5-9-16(18)17-12-11-15(13-19(17)20)14-7-3-2-4-8-14;7-6-4-2-1-3-5-6;8*1-2/h6-12H,1-5H3;2-13H,1H3;1-5H;6*1-2H3;2*1H3. The van der Waals surface area contributed by atoms with Gasteiger partial charge >= 0.3 is 7.12 Å². The Morgan fingerprint density at radius 1 is 0.394 bits per heavy atom. The topological polar surface area (TPSA) is 28.3 Å². The number of rotatable bonds is 2. The molecule has 4 nitrogen and oxygen atoms in total. The molecule has 0 radical (unpaired) electrons. The third kappa shape index (κ3) is 16.9. The molecule has 66 heavy (non-hydrogen) atoms. The van der Waals surface area contributed by atoms with Gasteiger partial charge in [-0.15, -0.1) is 23.2 Å². The van der Waals surface area contributed by atoms with Gasteiger partial charge in [0.2, 0.25) is 0 Å². The SMILES string of the molecule is Brc1ccccc1.CC.CC.CC.CC.CC.CC.CCl.CCl.Cn1c2ccccc2c2ccc(-c3ccccc3)cc21.Cn1c2ccccc2c2ccc(B3OC(C)(C)C(C)(C)O3)cc21. The summed E-state index contributed by atoms with van der Waals surface area (Å²) in [5.41, 5.74) is 8.00. The van der Waals surface area contributed by atoms with E-state index in [1.807, 2.05) is 113 Å². The number of para-hydroxylation sites is 2. The Morgan fingerprint density at radius 3 is 1.12 bits per heavy atom. The first-order valence-electron chi connectivity index (χ1n) is 23.9. The minimum Gasteiger partial charge on any atom is -0.399 e. The van der Waals surface area contributed by atoms with Gasteiger partial charge in [0, 0.05) is 74.9 Å². The van der Waals surface area contributed by atoms with Crippen LogP contribution in [0.3, 0.4) is 0 Å². The van der Waals surface area contributed by atoms with Crippen LogP contribution < -0.4 is 5.46 Å². The molecule has 0 atom stereocenters. The Morgan fingerprint density at radius 2 is 0.727 bits per heavy atom. The van der Waals surface area contributed by atoms with Gasteiger partial charge in [0.05, 0.1) is 11.2 Å². The average Bonchev–Trinajstić information content (AvgIpc) is 3.94. The number of benzene rings is 6. The van der Waals surface area contributed by atoms with E-state index in [1.54, 1.807) is 0 Å². The van der Waals surface area contributed by atoms with E-state index in [0.29, 0.717) is 0 Å². The lowest BCUT2D eigenvalue weighted by atomic mass is 9.79.